The lowest BCUT2D eigenvalue weighted by atomic mass is 10.0. The molecule has 1 N–H and O–H groups in total. The van der Waals surface area contributed by atoms with Gasteiger partial charge in [-0.15, -0.1) is 0 Å². The molecule has 0 spiro atoms. The maximum Gasteiger partial charge on any atom is 0.354 e. The molecule has 0 aliphatic carbocycles. The highest BCUT2D eigenvalue weighted by Gasteiger charge is 2.16. The first kappa shape index (κ1) is 19.7. The number of carbonyl (C=O) groups is 1. The summed E-state index contributed by atoms with van der Waals surface area (Å²) >= 11 is 0. The number of aromatic carboxylic acids is 1. The molecule has 0 aliphatic heterocycles. The summed E-state index contributed by atoms with van der Waals surface area (Å²) in [6.07, 6.45) is 0. The highest BCUT2D eigenvalue weighted by atomic mass is 16.5. The average Bonchev–Trinajstić information content (AvgIpc) is 2.81. The van der Waals surface area contributed by atoms with Crippen LogP contribution in [0.15, 0.2) is 78.9 Å². The molecule has 0 bridgehead atoms. The number of aromatic nitrogens is 1. The Morgan fingerprint density at radius 3 is 2.29 bits per heavy atom. The van der Waals surface area contributed by atoms with Gasteiger partial charge in [-0.1, -0.05) is 60.4 Å². The van der Waals surface area contributed by atoms with Gasteiger partial charge in [0.2, 0.25) is 0 Å². The summed E-state index contributed by atoms with van der Waals surface area (Å²) < 4.78 is 5.95. The summed E-state index contributed by atoms with van der Waals surface area (Å²) in [6, 6.07) is 25.9. The molecule has 1 aromatic heterocycles. The van der Waals surface area contributed by atoms with Gasteiger partial charge in [0.1, 0.15) is 18.4 Å². The monoisotopic (exact) mass is 404 g/mol. The third kappa shape index (κ3) is 4.53. The van der Waals surface area contributed by atoms with E-state index in [1.54, 1.807) is 12.1 Å². The zero-order valence-electron chi connectivity index (χ0n) is 16.4. The van der Waals surface area contributed by atoms with E-state index in [1.807, 2.05) is 60.7 Å². The fraction of sp³-hybridized carbons (Fsp3) is 0.0385. The predicted molar refractivity (Wildman–Crippen MR) is 117 cm³/mol. The van der Waals surface area contributed by atoms with Crippen LogP contribution in [0.1, 0.15) is 32.7 Å². The second kappa shape index (κ2) is 8.82. The summed E-state index contributed by atoms with van der Waals surface area (Å²) in [5.74, 6) is 5.28. The van der Waals surface area contributed by atoms with Crippen molar-refractivity contribution in [2.45, 2.75) is 6.61 Å². The molecule has 0 unspecified atom stereocenters. The summed E-state index contributed by atoms with van der Waals surface area (Å²) in [4.78, 5) is 15.7. The van der Waals surface area contributed by atoms with Gasteiger partial charge in [0.15, 0.2) is 5.69 Å². The molecule has 0 aliphatic rings. The van der Waals surface area contributed by atoms with Crippen LogP contribution in [0.4, 0.5) is 0 Å². The fourth-order valence-corrected chi connectivity index (χ4v) is 3.08. The van der Waals surface area contributed by atoms with E-state index in [1.165, 1.54) is 6.07 Å². The molecule has 0 fully saturated rings. The van der Waals surface area contributed by atoms with Crippen LogP contribution in [0.25, 0.3) is 10.9 Å². The van der Waals surface area contributed by atoms with Crippen molar-refractivity contribution < 1.29 is 14.6 Å². The first-order chi connectivity index (χ1) is 15.1. The van der Waals surface area contributed by atoms with Crippen LogP contribution in [0.5, 0.6) is 5.75 Å². The lowest BCUT2D eigenvalue weighted by Crippen LogP contribution is -2.04. The zero-order valence-corrected chi connectivity index (χ0v) is 16.4. The number of benzene rings is 3. The van der Waals surface area contributed by atoms with Gasteiger partial charge in [-0.05, 0) is 29.8 Å². The van der Waals surface area contributed by atoms with E-state index in [4.69, 9.17) is 4.74 Å². The van der Waals surface area contributed by atoms with Crippen LogP contribution in [-0.2, 0) is 6.61 Å². The number of hydrogen-bond donors (Lipinski definition) is 1. The van der Waals surface area contributed by atoms with Crippen molar-refractivity contribution in [1.29, 1.82) is 5.26 Å². The highest BCUT2D eigenvalue weighted by molar-refractivity contribution is 5.96. The van der Waals surface area contributed by atoms with E-state index >= 15 is 0 Å². The van der Waals surface area contributed by atoms with E-state index < -0.39 is 5.97 Å². The quantitative estimate of drug-likeness (QED) is 0.495. The lowest BCUT2D eigenvalue weighted by Gasteiger charge is -2.12. The molecule has 3 aromatic carbocycles. The number of ether oxygens (including phenoxy) is 1. The van der Waals surface area contributed by atoms with Crippen LogP contribution in [-0.4, -0.2) is 16.1 Å². The van der Waals surface area contributed by atoms with Crippen molar-refractivity contribution in [1.82, 2.24) is 4.98 Å². The number of nitriles is 1. The number of rotatable bonds is 4. The Balaban J connectivity index is 1.82. The summed E-state index contributed by atoms with van der Waals surface area (Å²) in [5.41, 5.74) is 2.72. The normalized spacial score (nSPS) is 10.0. The zero-order chi connectivity index (χ0) is 21.6. The molecule has 148 valence electrons. The number of fused-ring (bicyclic) bond motifs is 1. The Bertz CT molecular complexity index is 1360. The van der Waals surface area contributed by atoms with Crippen LogP contribution in [0.3, 0.4) is 0 Å². The van der Waals surface area contributed by atoms with E-state index in [2.05, 4.69) is 22.9 Å². The third-order valence-electron chi connectivity index (χ3n) is 4.58. The largest absolute Gasteiger partial charge is 0.488 e. The number of carboxylic acids is 1. The van der Waals surface area contributed by atoms with Crippen molar-refractivity contribution in [3.63, 3.8) is 0 Å². The van der Waals surface area contributed by atoms with Crippen LogP contribution >= 0.6 is 0 Å². The number of carboxylic acid groups (broad SMARTS) is 1. The van der Waals surface area contributed by atoms with Crippen molar-refractivity contribution >= 4 is 16.9 Å². The molecule has 1 heterocycles. The van der Waals surface area contributed by atoms with Gasteiger partial charge in [0, 0.05) is 22.6 Å². The lowest BCUT2D eigenvalue weighted by molar-refractivity contribution is 0.0690. The van der Waals surface area contributed by atoms with Gasteiger partial charge in [-0.25, -0.2) is 9.78 Å². The van der Waals surface area contributed by atoms with E-state index in [0.29, 0.717) is 16.7 Å². The van der Waals surface area contributed by atoms with E-state index in [-0.39, 0.29) is 23.4 Å². The van der Waals surface area contributed by atoms with Gasteiger partial charge in [-0.2, -0.15) is 5.26 Å². The Morgan fingerprint density at radius 1 is 0.935 bits per heavy atom. The molecular formula is C26H16N2O3. The first-order valence-electron chi connectivity index (χ1n) is 9.50. The van der Waals surface area contributed by atoms with E-state index in [9.17, 15) is 15.2 Å². The Morgan fingerprint density at radius 2 is 1.61 bits per heavy atom. The Hall–Kier alpha value is -4.61. The molecule has 5 heteroatoms. The molecule has 4 aromatic rings. The highest BCUT2D eigenvalue weighted by Crippen LogP contribution is 2.30. The first-order valence-corrected chi connectivity index (χ1v) is 9.50. The smallest absolute Gasteiger partial charge is 0.354 e. The molecule has 0 saturated heterocycles. The number of pyridine rings is 1. The standard InChI is InChI=1S/C26H16N2O3/c27-16-21-13-20(12-11-18-7-3-1-4-8-18)14-22-24(15-23(26(29)30)28-25(21)22)31-17-19-9-5-2-6-10-19/h1-10,13-15H,17H2,(H,29,30). The Labute approximate surface area is 179 Å². The molecule has 0 amide bonds. The van der Waals surface area contributed by atoms with Crippen LogP contribution in [0, 0.1) is 23.2 Å². The van der Waals surface area contributed by atoms with Crippen molar-refractivity contribution in [3.05, 3.63) is 107 Å². The minimum absolute atomic E-state index is 0.185. The molecule has 4 rings (SSSR count). The third-order valence-corrected chi connectivity index (χ3v) is 4.58. The summed E-state index contributed by atoms with van der Waals surface area (Å²) in [7, 11) is 0. The van der Waals surface area contributed by atoms with Crippen LogP contribution < -0.4 is 4.74 Å². The van der Waals surface area contributed by atoms with Gasteiger partial charge < -0.3 is 9.84 Å². The molecule has 0 saturated carbocycles. The topological polar surface area (TPSA) is 83.2 Å². The van der Waals surface area contributed by atoms with Crippen molar-refractivity contribution in [2.75, 3.05) is 0 Å². The fourth-order valence-electron chi connectivity index (χ4n) is 3.08. The van der Waals surface area contributed by atoms with Crippen LogP contribution in [0.2, 0.25) is 0 Å². The van der Waals surface area contributed by atoms with Crippen molar-refractivity contribution in [3.8, 4) is 23.7 Å². The molecule has 5 nitrogen and oxygen atoms in total. The summed E-state index contributed by atoms with van der Waals surface area (Å²) in [5, 5.41) is 19.6. The van der Waals surface area contributed by atoms with Gasteiger partial charge >= 0.3 is 5.97 Å². The molecule has 0 radical (unpaired) electrons. The maximum atomic E-state index is 11.6. The second-order valence-corrected chi connectivity index (χ2v) is 6.73. The van der Waals surface area contributed by atoms with Gasteiger partial charge in [-0.3, -0.25) is 0 Å². The number of hydrogen-bond acceptors (Lipinski definition) is 4. The number of nitrogens with zero attached hydrogens (tertiary/aromatic N) is 2. The predicted octanol–water partition coefficient (Wildman–Crippen LogP) is 4.78. The van der Waals surface area contributed by atoms with Gasteiger partial charge in [0.25, 0.3) is 0 Å². The van der Waals surface area contributed by atoms with E-state index in [0.717, 1.165) is 11.1 Å². The molecule has 0 atom stereocenters. The second-order valence-electron chi connectivity index (χ2n) is 6.73. The Kier molecular flexibility index (Phi) is 5.60. The summed E-state index contributed by atoms with van der Waals surface area (Å²) in [6.45, 7) is 0.251. The average molecular weight is 404 g/mol. The maximum absolute atomic E-state index is 11.6. The SMILES string of the molecule is N#Cc1cc(C#Cc2ccccc2)cc2c(OCc3ccccc3)cc(C(=O)O)nc12. The minimum atomic E-state index is -1.19. The van der Waals surface area contributed by atoms with Gasteiger partial charge in [0.05, 0.1) is 11.1 Å². The molecular weight excluding hydrogens is 388 g/mol. The van der Waals surface area contributed by atoms with Crippen molar-refractivity contribution in [2.24, 2.45) is 0 Å². The molecule has 31 heavy (non-hydrogen) atoms. The minimum Gasteiger partial charge on any atom is -0.488 e.